The Balaban J connectivity index is 1.65. The zero-order chi connectivity index (χ0) is 19.4. The number of halogens is 1. The molecule has 0 bridgehead atoms. The van der Waals surface area contributed by atoms with E-state index in [9.17, 15) is 14.0 Å². The molecule has 1 aliphatic heterocycles. The van der Waals surface area contributed by atoms with Crippen LogP contribution < -0.4 is 5.32 Å². The highest BCUT2D eigenvalue weighted by Gasteiger charge is 2.25. The Bertz CT molecular complexity index is 854. The van der Waals surface area contributed by atoms with Crippen molar-refractivity contribution in [1.82, 2.24) is 20.1 Å². The number of fused-ring (bicyclic) bond motifs is 1. The van der Waals surface area contributed by atoms with Gasteiger partial charge in [-0.2, -0.15) is 0 Å². The fourth-order valence-electron chi connectivity index (χ4n) is 3.24. The van der Waals surface area contributed by atoms with Crippen molar-refractivity contribution < 1.29 is 14.0 Å². The Kier molecular flexibility index (Phi) is 5.69. The lowest BCUT2D eigenvalue weighted by Gasteiger charge is -2.31. The first-order chi connectivity index (χ1) is 13.0. The number of hydrogen-bond donors (Lipinski definition) is 1. The Labute approximate surface area is 158 Å². The SMILES string of the molecule is CN(C)C(=O)N1CCc2c(cncc2C(=O)NCCc2cccc(F)c2)C1. The maximum atomic E-state index is 13.2. The van der Waals surface area contributed by atoms with E-state index in [1.54, 1.807) is 42.4 Å². The van der Waals surface area contributed by atoms with Crippen molar-refractivity contribution in [2.75, 3.05) is 27.2 Å². The van der Waals surface area contributed by atoms with Gasteiger partial charge in [0.1, 0.15) is 5.82 Å². The molecule has 27 heavy (non-hydrogen) atoms. The van der Waals surface area contributed by atoms with Crippen LogP contribution in [0.15, 0.2) is 36.7 Å². The van der Waals surface area contributed by atoms with E-state index in [1.165, 1.54) is 12.1 Å². The predicted octanol–water partition coefficient (Wildman–Crippen LogP) is 2.23. The van der Waals surface area contributed by atoms with Crippen LogP contribution in [0.4, 0.5) is 9.18 Å². The van der Waals surface area contributed by atoms with E-state index in [2.05, 4.69) is 10.3 Å². The number of carbonyl (C=O) groups excluding carboxylic acids is 2. The minimum absolute atomic E-state index is 0.0504. The van der Waals surface area contributed by atoms with E-state index in [-0.39, 0.29) is 17.8 Å². The van der Waals surface area contributed by atoms with Crippen molar-refractivity contribution in [1.29, 1.82) is 0 Å². The van der Waals surface area contributed by atoms with Crippen LogP contribution in [-0.4, -0.2) is 53.9 Å². The molecule has 3 amide bonds. The van der Waals surface area contributed by atoms with Gasteiger partial charge >= 0.3 is 6.03 Å². The molecule has 0 saturated heterocycles. The second kappa shape index (κ2) is 8.16. The van der Waals surface area contributed by atoms with E-state index in [0.29, 0.717) is 38.0 Å². The monoisotopic (exact) mass is 370 g/mol. The lowest BCUT2D eigenvalue weighted by Crippen LogP contribution is -2.42. The minimum atomic E-state index is -0.281. The molecular weight excluding hydrogens is 347 g/mol. The lowest BCUT2D eigenvalue weighted by atomic mass is 9.97. The van der Waals surface area contributed by atoms with Gasteiger partial charge < -0.3 is 15.1 Å². The van der Waals surface area contributed by atoms with Gasteiger partial charge in [-0.1, -0.05) is 12.1 Å². The Morgan fingerprint density at radius 3 is 2.85 bits per heavy atom. The molecule has 0 atom stereocenters. The number of hydrogen-bond acceptors (Lipinski definition) is 3. The number of pyridine rings is 1. The summed E-state index contributed by atoms with van der Waals surface area (Å²) in [6, 6.07) is 6.30. The van der Waals surface area contributed by atoms with Crippen molar-refractivity contribution in [2.45, 2.75) is 19.4 Å². The number of benzene rings is 1. The van der Waals surface area contributed by atoms with Crippen molar-refractivity contribution in [2.24, 2.45) is 0 Å². The van der Waals surface area contributed by atoms with Crippen LogP contribution in [-0.2, 0) is 19.4 Å². The average Bonchev–Trinajstić information content (AvgIpc) is 2.66. The minimum Gasteiger partial charge on any atom is -0.352 e. The first-order valence-electron chi connectivity index (χ1n) is 8.90. The standard InChI is InChI=1S/C20H23FN4O2/c1-24(2)20(27)25-9-7-17-15(13-25)11-22-12-18(17)19(26)23-8-6-14-4-3-5-16(21)10-14/h3-5,10-12H,6-9,13H2,1-2H3,(H,23,26). The van der Waals surface area contributed by atoms with Gasteiger partial charge in [-0.15, -0.1) is 0 Å². The molecule has 2 aromatic rings. The van der Waals surface area contributed by atoms with Crippen LogP contribution in [0.1, 0.15) is 27.0 Å². The molecule has 3 rings (SSSR count). The summed E-state index contributed by atoms with van der Waals surface area (Å²) in [5, 5.41) is 2.88. The van der Waals surface area contributed by atoms with Crippen LogP contribution >= 0.6 is 0 Å². The van der Waals surface area contributed by atoms with E-state index < -0.39 is 0 Å². The van der Waals surface area contributed by atoms with Crippen LogP contribution in [0.5, 0.6) is 0 Å². The van der Waals surface area contributed by atoms with E-state index in [0.717, 1.165) is 16.7 Å². The number of nitrogens with one attached hydrogen (secondary N) is 1. The summed E-state index contributed by atoms with van der Waals surface area (Å²) in [5.41, 5.74) is 3.22. The molecule has 0 radical (unpaired) electrons. The molecule has 0 unspecified atom stereocenters. The molecule has 1 N–H and O–H groups in total. The molecule has 1 aliphatic rings. The first-order valence-corrected chi connectivity index (χ1v) is 8.90. The summed E-state index contributed by atoms with van der Waals surface area (Å²) >= 11 is 0. The number of nitrogens with zero attached hydrogens (tertiary/aromatic N) is 3. The molecule has 0 spiro atoms. The molecule has 1 aromatic heterocycles. The Hall–Kier alpha value is -2.96. The number of aromatic nitrogens is 1. The third-order valence-corrected chi connectivity index (χ3v) is 4.63. The summed E-state index contributed by atoms with van der Waals surface area (Å²) in [5.74, 6) is -0.472. The fraction of sp³-hybridized carbons (Fsp3) is 0.350. The Morgan fingerprint density at radius 1 is 1.30 bits per heavy atom. The second-order valence-corrected chi connectivity index (χ2v) is 6.81. The maximum absolute atomic E-state index is 13.2. The molecule has 0 aliphatic carbocycles. The van der Waals surface area contributed by atoms with Gasteiger partial charge in [0.15, 0.2) is 0 Å². The molecular formula is C20H23FN4O2. The maximum Gasteiger partial charge on any atom is 0.319 e. The first kappa shape index (κ1) is 18.8. The quantitative estimate of drug-likeness (QED) is 0.898. The average molecular weight is 370 g/mol. The smallest absolute Gasteiger partial charge is 0.319 e. The van der Waals surface area contributed by atoms with Crippen LogP contribution in [0.3, 0.4) is 0 Å². The van der Waals surface area contributed by atoms with Gasteiger partial charge in [0, 0.05) is 46.1 Å². The highest BCUT2D eigenvalue weighted by molar-refractivity contribution is 5.95. The summed E-state index contributed by atoms with van der Waals surface area (Å²) < 4.78 is 13.2. The third-order valence-electron chi connectivity index (χ3n) is 4.63. The highest BCUT2D eigenvalue weighted by atomic mass is 19.1. The van der Waals surface area contributed by atoms with Gasteiger partial charge in [-0.25, -0.2) is 9.18 Å². The third kappa shape index (κ3) is 4.42. The highest BCUT2D eigenvalue weighted by Crippen LogP contribution is 2.22. The number of amides is 3. The zero-order valence-corrected chi connectivity index (χ0v) is 15.5. The molecule has 0 saturated carbocycles. The normalized spacial score (nSPS) is 13.1. The van der Waals surface area contributed by atoms with E-state index >= 15 is 0 Å². The Morgan fingerprint density at radius 2 is 2.11 bits per heavy atom. The van der Waals surface area contributed by atoms with Gasteiger partial charge in [0.2, 0.25) is 0 Å². The van der Waals surface area contributed by atoms with Gasteiger partial charge in [-0.05, 0) is 41.7 Å². The van der Waals surface area contributed by atoms with E-state index in [4.69, 9.17) is 0 Å². The number of rotatable bonds is 4. The topological polar surface area (TPSA) is 65.5 Å². The molecule has 7 heteroatoms. The summed E-state index contributed by atoms with van der Waals surface area (Å²) in [6.45, 7) is 1.43. The van der Waals surface area contributed by atoms with Crippen molar-refractivity contribution in [3.63, 3.8) is 0 Å². The number of carbonyl (C=O) groups is 2. The van der Waals surface area contributed by atoms with Gasteiger partial charge in [0.25, 0.3) is 5.91 Å². The van der Waals surface area contributed by atoms with Crippen molar-refractivity contribution in [3.05, 3.63) is 64.7 Å². The molecule has 142 valence electrons. The van der Waals surface area contributed by atoms with Crippen molar-refractivity contribution >= 4 is 11.9 Å². The van der Waals surface area contributed by atoms with Crippen LogP contribution in [0.25, 0.3) is 0 Å². The largest absolute Gasteiger partial charge is 0.352 e. The van der Waals surface area contributed by atoms with Crippen LogP contribution in [0.2, 0.25) is 0 Å². The molecule has 6 nitrogen and oxygen atoms in total. The van der Waals surface area contributed by atoms with Gasteiger partial charge in [-0.3, -0.25) is 9.78 Å². The predicted molar refractivity (Wildman–Crippen MR) is 99.9 cm³/mol. The van der Waals surface area contributed by atoms with Crippen molar-refractivity contribution in [3.8, 4) is 0 Å². The summed E-state index contributed by atoms with van der Waals surface area (Å²) in [4.78, 5) is 32.2. The van der Waals surface area contributed by atoms with Crippen LogP contribution in [0, 0.1) is 5.82 Å². The molecule has 1 aromatic carbocycles. The van der Waals surface area contributed by atoms with E-state index in [1.807, 2.05) is 6.07 Å². The lowest BCUT2D eigenvalue weighted by molar-refractivity contribution is 0.0952. The summed E-state index contributed by atoms with van der Waals surface area (Å²) in [7, 11) is 3.44. The summed E-state index contributed by atoms with van der Waals surface area (Å²) in [6.07, 6.45) is 4.45. The molecule has 2 heterocycles. The molecule has 0 fully saturated rings. The van der Waals surface area contributed by atoms with Gasteiger partial charge in [0.05, 0.1) is 5.56 Å². The second-order valence-electron chi connectivity index (χ2n) is 6.81. The fourth-order valence-corrected chi connectivity index (χ4v) is 3.24. The zero-order valence-electron chi connectivity index (χ0n) is 15.5. The number of urea groups is 1.